The van der Waals surface area contributed by atoms with Gasteiger partial charge in [0.15, 0.2) is 0 Å². The van der Waals surface area contributed by atoms with Gasteiger partial charge < -0.3 is 9.47 Å². The monoisotopic (exact) mass is 378 g/mol. The zero-order valence-corrected chi connectivity index (χ0v) is 16.0. The first kappa shape index (κ1) is 21.4. The van der Waals surface area contributed by atoms with E-state index in [-0.39, 0.29) is 22.6 Å². The van der Waals surface area contributed by atoms with Crippen molar-refractivity contribution < 1.29 is 22.7 Å². The molecule has 0 saturated carbocycles. The highest BCUT2D eigenvalue weighted by Crippen LogP contribution is 2.24. The predicted octanol–water partition coefficient (Wildman–Crippen LogP) is 2.33. The number of hydrogen-bond donors (Lipinski definition) is 0. The van der Waals surface area contributed by atoms with E-state index in [4.69, 9.17) is 9.47 Å². The lowest BCUT2D eigenvalue weighted by molar-refractivity contribution is -0.137. The van der Waals surface area contributed by atoms with Crippen molar-refractivity contribution in [2.45, 2.75) is 18.7 Å². The second-order valence-corrected chi connectivity index (χ2v) is 7.34. The molecule has 0 radical (unpaired) electrons. The van der Waals surface area contributed by atoms with Gasteiger partial charge in [0.25, 0.3) is 0 Å². The molecule has 140 valence electrons. The van der Waals surface area contributed by atoms with E-state index >= 15 is 0 Å². The Bertz CT molecular complexity index is 831. The number of nitrogens with zero attached hydrogens (tertiary/aromatic N) is 2. The van der Waals surface area contributed by atoms with Gasteiger partial charge in [-0.25, -0.2) is 17.5 Å². The number of benzene rings is 1. The molecule has 0 heterocycles. The standard InChI is InChI=1S/C18H22N2O5S/c1-5-24-12-11-16(17(13-19)18(21)25-6-2)14-7-9-15(10-8-14)26(22,23)20(3)4/h7-12H,5-6H2,1-4H3/b12-11+,17-16+. The number of hydrogen-bond acceptors (Lipinski definition) is 6. The van der Waals surface area contributed by atoms with Crippen molar-refractivity contribution in [1.82, 2.24) is 4.31 Å². The Balaban J connectivity index is 3.45. The fraction of sp³-hybridized carbons (Fsp3) is 0.333. The molecule has 1 aromatic rings. The Labute approximate surface area is 154 Å². The molecule has 1 rings (SSSR count). The van der Waals surface area contributed by atoms with Crippen molar-refractivity contribution >= 4 is 21.6 Å². The fourth-order valence-corrected chi connectivity index (χ4v) is 2.87. The molecular weight excluding hydrogens is 356 g/mol. The third-order valence-corrected chi connectivity index (χ3v) is 5.13. The van der Waals surface area contributed by atoms with Crippen molar-refractivity contribution in [3.05, 3.63) is 47.7 Å². The van der Waals surface area contributed by atoms with E-state index in [1.165, 1.54) is 50.7 Å². The number of ether oxygens (including phenoxy) is 2. The molecule has 0 aromatic heterocycles. The van der Waals surface area contributed by atoms with E-state index in [2.05, 4.69) is 0 Å². The number of rotatable bonds is 8. The first-order chi connectivity index (χ1) is 12.3. The SMILES string of the molecule is CCO/C=C/C(=C(/C#N)C(=O)OCC)c1ccc(S(=O)(=O)N(C)C)cc1. The van der Waals surface area contributed by atoms with E-state index in [0.29, 0.717) is 12.2 Å². The fourth-order valence-electron chi connectivity index (χ4n) is 1.97. The van der Waals surface area contributed by atoms with Crippen LogP contribution in [0.3, 0.4) is 0 Å². The average molecular weight is 378 g/mol. The van der Waals surface area contributed by atoms with Crippen LogP contribution in [0, 0.1) is 11.3 Å². The van der Waals surface area contributed by atoms with Crippen LogP contribution in [0.15, 0.2) is 47.1 Å². The first-order valence-corrected chi connectivity index (χ1v) is 9.36. The molecule has 1 aromatic carbocycles. The minimum Gasteiger partial charge on any atom is -0.501 e. The molecule has 0 aliphatic heterocycles. The molecule has 26 heavy (non-hydrogen) atoms. The molecule has 0 unspecified atom stereocenters. The summed E-state index contributed by atoms with van der Waals surface area (Å²) < 4.78 is 35.5. The van der Waals surface area contributed by atoms with Crippen molar-refractivity contribution in [2.24, 2.45) is 0 Å². The Morgan fingerprint density at radius 2 is 1.81 bits per heavy atom. The van der Waals surface area contributed by atoms with Gasteiger partial charge in [-0.15, -0.1) is 0 Å². The van der Waals surface area contributed by atoms with Crippen LogP contribution >= 0.6 is 0 Å². The Hall–Kier alpha value is -2.63. The Morgan fingerprint density at radius 3 is 2.27 bits per heavy atom. The topological polar surface area (TPSA) is 96.7 Å². The highest BCUT2D eigenvalue weighted by Gasteiger charge is 2.19. The lowest BCUT2D eigenvalue weighted by Crippen LogP contribution is -2.22. The van der Waals surface area contributed by atoms with Crippen molar-refractivity contribution in [2.75, 3.05) is 27.3 Å². The molecular formula is C18H22N2O5S. The normalized spacial score (nSPS) is 12.6. The van der Waals surface area contributed by atoms with Gasteiger partial charge in [-0.2, -0.15) is 5.26 Å². The Morgan fingerprint density at radius 1 is 1.19 bits per heavy atom. The molecule has 0 spiro atoms. The summed E-state index contributed by atoms with van der Waals surface area (Å²) in [6.07, 6.45) is 2.85. The van der Waals surface area contributed by atoms with E-state index in [1.54, 1.807) is 13.8 Å². The zero-order valence-electron chi connectivity index (χ0n) is 15.2. The van der Waals surface area contributed by atoms with Crippen LogP contribution in [0.2, 0.25) is 0 Å². The van der Waals surface area contributed by atoms with Crippen molar-refractivity contribution in [3.63, 3.8) is 0 Å². The number of sulfonamides is 1. The average Bonchev–Trinajstić information content (AvgIpc) is 2.61. The van der Waals surface area contributed by atoms with Gasteiger partial charge in [0, 0.05) is 19.7 Å². The van der Waals surface area contributed by atoms with Crippen LogP contribution in [0.5, 0.6) is 0 Å². The van der Waals surface area contributed by atoms with E-state index in [9.17, 15) is 18.5 Å². The summed E-state index contributed by atoms with van der Waals surface area (Å²) in [7, 11) is -0.696. The van der Waals surface area contributed by atoms with Crippen LogP contribution in [0.1, 0.15) is 19.4 Å². The van der Waals surface area contributed by atoms with Gasteiger partial charge in [-0.1, -0.05) is 12.1 Å². The van der Waals surface area contributed by atoms with E-state index in [0.717, 1.165) is 4.31 Å². The summed E-state index contributed by atoms with van der Waals surface area (Å²) in [4.78, 5) is 12.2. The van der Waals surface area contributed by atoms with Gasteiger partial charge in [-0.3, -0.25) is 0 Å². The molecule has 0 N–H and O–H groups in total. The summed E-state index contributed by atoms with van der Waals surface area (Å²) in [5.41, 5.74) is 0.586. The largest absolute Gasteiger partial charge is 0.501 e. The molecule has 8 heteroatoms. The third-order valence-electron chi connectivity index (χ3n) is 3.30. The van der Waals surface area contributed by atoms with Crippen LogP contribution in [-0.2, 0) is 24.3 Å². The van der Waals surface area contributed by atoms with E-state index in [1.807, 2.05) is 6.07 Å². The second-order valence-electron chi connectivity index (χ2n) is 5.19. The third kappa shape index (κ3) is 5.18. The number of esters is 1. The van der Waals surface area contributed by atoms with Crippen LogP contribution < -0.4 is 0 Å². The smallest absolute Gasteiger partial charge is 0.349 e. The van der Waals surface area contributed by atoms with Gasteiger partial charge >= 0.3 is 5.97 Å². The zero-order chi connectivity index (χ0) is 19.7. The summed E-state index contributed by atoms with van der Waals surface area (Å²) >= 11 is 0. The summed E-state index contributed by atoms with van der Waals surface area (Å²) in [6, 6.07) is 7.73. The molecule has 0 atom stereocenters. The number of nitriles is 1. The van der Waals surface area contributed by atoms with Crippen molar-refractivity contribution in [3.8, 4) is 6.07 Å². The first-order valence-electron chi connectivity index (χ1n) is 7.92. The number of carbonyl (C=O) groups excluding carboxylic acids is 1. The molecule has 0 saturated heterocycles. The number of allylic oxidation sites excluding steroid dienone is 2. The maximum Gasteiger partial charge on any atom is 0.349 e. The second kappa shape index (κ2) is 9.75. The maximum absolute atomic E-state index is 12.2. The summed E-state index contributed by atoms with van der Waals surface area (Å²) in [6.45, 7) is 3.99. The van der Waals surface area contributed by atoms with Crippen LogP contribution in [0.4, 0.5) is 0 Å². The Kier molecular flexibility index (Phi) is 8.03. The quantitative estimate of drug-likeness (QED) is 0.226. The highest BCUT2D eigenvalue weighted by molar-refractivity contribution is 7.89. The van der Waals surface area contributed by atoms with Gasteiger partial charge in [0.2, 0.25) is 10.0 Å². The lowest BCUT2D eigenvalue weighted by atomic mass is 10.0. The van der Waals surface area contributed by atoms with E-state index < -0.39 is 16.0 Å². The number of carbonyl (C=O) groups is 1. The van der Waals surface area contributed by atoms with Crippen LogP contribution in [0.25, 0.3) is 5.57 Å². The molecule has 7 nitrogen and oxygen atoms in total. The molecule has 0 aliphatic carbocycles. The predicted molar refractivity (Wildman–Crippen MR) is 97.2 cm³/mol. The molecule has 0 bridgehead atoms. The summed E-state index contributed by atoms with van der Waals surface area (Å²) in [5.74, 6) is -0.754. The van der Waals surface area contributed by atoms with Crippen LogP contribution in [-0.4, -0.2) is 46.0 Å². The lowest BCUT2D eigenvalue weighted by Gasteiger charge is -2.12. The van der Waals surface area contributed by atoms with Gasteiger partial charge in [0.05, 0.1) is 24.4 Å². The van der Waals surface area contributed by atoms with Crippen molar-refractivity contribution in [1.29, 1.82) is 5.26 Å². The van der Waals surface area contributed by atoms with Gasteiger partial charge in [-0.05, 0) is 37.6 Å². The minimum absolute atomic E-state index is 0.106. The molecule has 0 amide bonds. The molecule has 0 fully saturated rings. The van der Waals surface area contributed by atoms with Gasteiger partial charge in [0.1, 0.15) is 11.6 Å². The maximum atomic E-state index is 12.2. The minimum atomic E-state index is -3.57. The summed E-state index contributed by atoms with van der Waals surface area (Å²) in [5, 5.41) is 9.38. The molecule has 0 aliphatic rings. The highest BCUT2D eigenvalue weighted by atomic mass is 32.2.